The minimum atomic E-state index is -4.45. The van der Waals surface area contributed by atoms with E-state index in [1.54, 1.807) is 12.3 Å². The number of nitrogens with zero attached hydrogens (tertiary/aromatic N) is 4. The maximum atomic E-state index is 13.2. The summed E-state index contributed by atoms with van der Waals surface area (Å²) in [5.41, 5.74) is 1.52. The van der Waals surface area contributed by atoms with E-state index in [2.05, 4.69) is 9.97 Å². The average Bonchev–Trinajstić information content (AvgIpc) is 3.29. The summed E-state index contributed by atoms with van der Waals surface area (Å²) in [6.45, 7) is 2.84. The first kappa shape index (κ1) is 22.8. The average molecular weight is 491 g/mol. The van der Waals surface area contributed by atoms with Crippen molar-refractivity contribution in [3.05, 3.63) is 71.5 Å². The highest BCUT2D eigenvalue weighted by Gasteiger charge is 2.33. The number of anilines is 1. The SMILES string of the molecule is O=S(=O)(c1ccc(-c2cccc(C(F)(F)F)c2)cc1)N1Cc2cnc(N3CCOCC3)nc2C1. The van der Waals surface area contributed by atoms with Gasteiger partial charge in [-0.2, -0.15) is 17.5 Å². The van der Waals surface area contributed by atoms with Crippen LogP contribution in [0.2, 0.25) is 0 Å². The van der Waals surface area contributed by atoms with E-state index in [0.717, 1.165) is 17.7 Å². The summed E-state index contributed by atoms with van der Waals surface area (Å²) in [6.07, 6.45) is -2.78. The molecule has 2 aliphatic heterocycles. The number of alkyl halides is 3. The highest BCUT2D eigenvalue weighted by molar-refractivity contribution is 7.89. The van der Waals surface area contributed by atoms with Crippen molar-refractivity contribution in [2.24, 2.45) is 0 Å². The van der Waals surface area contributed by atoms with Gasteiger partial charge in [0, 0.05) is 31.4 Å². The summed E-state index contributed by atoms with van der Waals surface area (Å²) in [5.74, 6) is 0.562. The van der Waals surface area contributed by atoms with Crippen LogP contribution in [-0.2, 0) is 34.0 Å². The smallest absolute Gasteiger partial charge is 0.378 e. The second kappa shape index (κ2) is 8.64. The van der Waals surface area contributed by atoms with Crippen LogP contribution in [0.3, 0.4) is 0 Å². The Hall–Kier alpha value is -3.02. The van der Waals surface area contributed by atoms with Crippen LogP contribution in [0.25, 0.3) is 11.1 Å². The number of fused-ring (bicyclic) bond motifs is 1. The van der Waals surface area contributed by atoms with Crippen molar-refractivity contribution in [3.63, 3.8) is 0 Å². The molecule has 1 fully saturated rings. The van der Waals surface area contributed by atoms with Gasteiger partial charge in [0.05, 0.1) is 35.9 Å². The van der Waals surface area contributed by atoms with Crippen molar-refractivity contribution in [1.29, 1.82) is 0 Å². The van der Waals surface area contributed by atoms with Crippen LogP contribution in [-0.4, -0.2) is 49.0 Å². The molecule has 3 heterocycles. The Morgan fingerprint density at radius 2 is 1.68 bits per heavy atom. The number of hydrogen-bond donors (Lipinski definition) is 0. The first-order valence-electron chi connectivity index (χ1n) is 10.7. The maximum Gasteiger partial charge on any atom is 0.416 e. The molecule has 178 valence electrons. The van der Waals surface area contributed by atoms with Gasteiger partial charge in [0.15, 0.2) is 0 Å². The second-order valence-electron chi connectivity index (χ2n) is 8.12. The van der Waals surface area contributed by atoms with Gasteiger partial charge in [-0.3, -0.25) is 0 Å². The lowest BCUT2D eigenvalue weighted by atomic mass is 10.0. The van der Waals surface area contributed by atoms with Gasteiger partial charge in [0.25, 0.3) is 0 Å². The Kier molecular flexibility index (Phi) is 5.78. The van der Waals surface area contributed by atoms with Crippen LogP contribution in [0.1, 0.15) is 16.8 Å². The lowest BCUT2D eigenvalue weighted by Gasteiger charge is -2.26. The lowest BCUT2D eigenvalue weighted by molar-refractivity contribution is -0.137. The van der Waals surface area contributed by atoms with Gasteiger partial charge in [-0.25, -0.2) is 18.4 Å². The zero-order chi connectivity index (χ0) is 23.9. The topological polar surface area (TPSA) is 75.6 Å². The summed E-state index contributed by atoms with van der Waals surface area (Å²) >= 11 is 0. The molecular weight excluding hydrogens is 469 g/mol. The Bertz CT molecular complexity index is 1310. The molecule has 0 spiro atoms. The van der Waals surface area contributed by atoms with Crippen molar-refractivity contribution in [3.8, 4) is 11.1 Å². The Labute approximate surface area is 194 Å². The van der Waals surface area contributed by atoms with Crippen LogP contribution in [0.4, 0.5) is 19.1 Å². The molecule has 0 bridgehead atoms. The number of halogens is 3. The van der Waals surface area contributed by atoms with Gasteiger partial charge in [0.1, 0.15) is 0 Å². The minimum absolute atomic E-state index is 0.0670. The zero-order valence-corrected chi connectivity index (χ0v) is 18.8. The van der Waals surface area contributed by atoms with Crippen LogP contribution in [0.5, 0.6) is 0 Å². The van der Waals surface area contributed by atoms with Gasteiger partial charge < -0.3 is 9.64 Å². The molecule has 5 rings (SSSR count). The van der Waals surface area contributed by atoms with Crippen molar-refractivity contribution < 1.29 is 26.3 Å². The van der Waals surface area contributed by atoms with Crippen molar-refractivity contribution in [2.75, 3.05) is 31.2 Å². The number of hydrogen-bond acceptors (Lipinski definition) is 6. The molecule has 0 amide bonds. The highest BCUT2D eigenvalue weighted by Crippen LogP contribution is 2.33. The molecule has 0 unspecified atom stereocenters. The molecule has 0 saturated carbocycles. The third kappa shape index (κ3) is 4.38. The third-order valence-corrected chi connectivity index (χ3v) is 7.73. The number of rotatable bonds is 4. The highest BCUT2D eigenvalue weighted by atomic mass is 32.2. The Morgan fingerprint density at radius 1 is 0.941 bits per heavy atom. The number of sulfonamides is 1. The molecular formula is C23H21F3N4O3S. The van der Waals surface area contributed by atoms with Crippen molar-refractivity contribution in [1.82, 2.24) is 14.3 Å². The largest absolute Gasteiger partial charge is 0.416 e. The van der Waals surface area contributed by atoms with Crippen LogP contribution >= 0.6 is 0 Å². The van der Waals surface area contributed by atoms with Crippen LogP contribution < -0.4 is 4.90 Å². The van der Waals surface area contributed by atoms with Gasteiger partial charge in [-0.05, 0) is 35.4 Å². The predicted molar refractivity (Wildman–Crippen MR) is 118 cm³/mol. The van der Waals surface area contributed by atoms with E-state index >= 15 is 0 Å². The number of morpholine rings is 1. The summed E-state index contributed by atoms with van der Waals surface area (Å²) in [4.78, 5) is 11.0. The molecule has 11 heteroatoms. The van der Waals surface area contributed by atoms with E-state index in [1.807, 2.05) is 4.90 Å². The van der Waals surface area contributed by atoms with E-state index < -0.39 is 21.8 Å². The normalized spacial score (nSPS) is 17.1. The summed E-state index contributed by atoms with van der Waals surface area (Å²) in [6, 6.07) is 10.8. The molecule has 7 nitrogen and oxygen atoms in total. The first-order chi connectivity index (χ1) is 16.2. The van der Waals surface area contributed by atoms with Gasteiger partial charge in [-0.15, -0.1) is 0 Å². The molecule has 1 saturated heterocycles. The number of ether oxygens (including phenoxy) is 1. The Morgan fingerprint density at radius 3 is 2.38 bits per heavy atom. The number of benzene rings is 2. The monoisotopic (exact) mass is 490 g/mol. The van der Waals surface area contributed by atoms with E-state index in [0.29, 0.717) is 49.1 Å². The summed E-state index contributed by atoms with van der Waals surface area (Å²) < 4.78 is 72.2. The molecule has 0 atom stereocenters. The maximum absolute atomic E-state index is 13.2. The number of aromatic nitrogens is 2. The van der Waals surface area contributed by atoms with Crippen LogP contribution in [0, 0.1) is 0 Å². The first-order valence-corrected chi connectivity index (χ1v) is 12.1. The fourth-order valence-corrected chi connectivity index (χ4v) is 5.42. The molecule has 2 aromatic carbocycles. The fraction of sp³-hybridized carbons (Fsp3) is 0.304. The third-order valence-electron chi connectivity index (χ3n) is 5.92. The molecule has 0 aliphatic carbocycles. The quantitative estimate of drug-likeness (QED) is 0.555. The Balaban J connectivity index is 1.35. The van der Waals surface area contributed by atoms with Gasteiger partial charge in [-0.1, -0.05) is 24.3 Å². The van der Waals surface area contributed by atoms with Gasteiger partial charge >= 0.3 is 6.18 Å². The molecule has 0 radical (unpaired) electrons. The molecule has 34 heavy (non-hydrogen) atoms. The molecule has 1 aromatic heterocycles. The van der Waals surface area contributed by atoms with E-state index in [4.69, 9.17) is 4.74 Å². The summed E-state index contributed by atoms with van der Waals surface area (Å²) in [7, 11) is -3.82. The standard InChI is InChI=1S/C23H21F3N4O3S/c24-23(25,26)19-3-1-2-17(12-19)16-4-6-20(7-5-16)34(31,32)30-14-18-13-27-22(28-21(18)15-30)29-8-10-33-11-9-29/h1-7,12-13H,8-11,14-15H2. The minimum Gasteiger partial charge on any atom is -0.378 e. The fourth-order valence-electron chi connectivity index (χ4n) is 4.04. The molecule has 0 N–H and O–H groups in total. The van der Waals surface area contributed by atoms with Crippen LogP contribution in [0.15, 0.2) is 59.6 Å². The zero-order valence-electron chi connectivity index (χ0n) is 18.0. The van der Waals surface area contributed by atoms with Gasteiger partial charge in [0.2, 0.25) is 16.0 Å². The predicted octanol–water partition coefficient (Wildman–Crippen LogP) is 3.70. The van der Waals surface area contributed by atoms with Crippen molar-refractivity contribution >= 4 is 16.0 Å². The second-order valence-corrected chi connectivity index (χ2v) is 10.1. The molecule has 2 aliphatic rings. The van der Waals surface area contributed by atoms with E-state index in [9.17, 15) is 21.6 Å². The van der Waals surface area contributed by atoms with Crippen molar-refractivity contribution in [2.45, 2.75) is 24.2 Å². The lowest BCUT2D eigenvalue weighted by Crippen LogP contribution is -2.37. The van der Waals surface area contributed by atoms with E-state index in [1.165, 1.54) is 34.6 Å². The summed E-state index contributed by atoms with van der Waals surface area (Å²) in [5, 5.41) is 0. The van der Waals surface area contributed by atoms with E-state index in [-0.39, 0.29) is 18.0 Å². The molecule has 3 aromatic rings.